The molecule has 0 amide bonds. The van der Waals surface area contributed by atoms with Gasteiger partial charge in [-0.2, -0.15) is 0 Å². The van der Waals surface area contributed by atoms with Crippen LogP contribution in [0.4, 0.5) is 0 Å². The molecular weight excluding hydrogens is 279 g/mol. The first kappa shape index (κ1) is 12.6. The SMILES string of the molecule is NCc1nc(COc2cc(Cl)ccc2Cl)cs1. The average molecular weight is 289 g/mol. The lowest BCUT2D eigenvalue weighted by atomic mass is 10.3. The molecule has 2 rings (SSSR count). The van der Waals surface area contributed by atoms with Gasteiger partial charge in [0.2, 0.25) is 0 Å². The monoisotopic (exact) mass is 288 g/mol. The molecule has 0 unspecified atom stereocenters. The Morgan fingerprint density at radius 2 is 2.18 bits per heavy atom. The topological polar surface area (TPSA) is 48.1 Å². The van der Waals surface area contributed by atoms with Gasteiger partial charge >= 0.3 is 0 Å². The summed E-state index contributed by atoms with van der Waals surface area (Å²) in [5.74, 6) is 0.557. The van der Waals surface area contributed by atoms with Crippen molar-refractivity contribution in [3.8, 4) is 5.75 Å². The minimum absolute atomic E-state index is 0.358. The molecule has 0 aliphatic heterocycles. The van der Waals surface area contributed by atoms with E-state index in [-0.39, 0.29) is 0 Å². The first-order chi connectivity index (χ1) is 8.19. The molecule has 1 aromatic heterocycles. The highest BCUT2D eigenvalue weighted by Crippen LogP contribution is 2.28. The fraction of sp³-hybridized carbons (Fsp3) is 0.182. The maximum Gasteiger partial charge on any atom is 0.139 e. The highest BCUT2D eigenvalue weighted by Gasteiger charge is 2.05. The van der Waals surface area contributed by atoms with Crippen molar-refractivity contribution >= 4 is 34.5 Å². The van der Waals surface area contributed by atoms with Gasteiger partial charge < -0.3 is 10.5 Å². The summed E-state index contributed by atoms with van der Waals surface area (Å²) in [6.45, 7) is 0.805. The van der Waals surface area contributed by atoms with E-state index < -0.39 is 0 Å². The van der Waals surface area contributed by atoms with Crippen molar-refractivity contribution in [3.05, 3.63) is 44.3 Å². The zero-order chi connectivity index (χ0) is 12.3. The number of nitrogens with zero attached hydrogens (tertiary/aromatic N) is 1. The summed E-state index contributed by atoms with van der Waals surface area (Å²) in [5.41, 5.74) is 6.32. The Hall–Kier alpha value is -0.810. The summed E-state index contributed by atoms with van der Waals surface area (Å²) in [6, 6.07) is 5.10. The van der Waals surface area contributed by atoms with Crippen LogP contribution in [0.5, 0.6) is 5.75 Å². The number of rotatable bonds is 4. The molecule has 17 heavy (non-hydrogen) atoms. The zero-order valence-corrected chi connectivity index (χ0v) is 11.1. The maximum atomic E-state index is 5.97. The van der Waals surface area contributed by atoms with E-state index in [1.807, 2.05) is 5.38 Å². The molecule has 0 aliphatic carbocycles. The van der Waals surface area contributed by atoms with Crippen LogP contribution in [0.2, 0.25) is 10.0 Å². The predicted molar refractivity (Wildman–Crippen MR) is 70.8 cm³/mol. The van der Waals surface area contributed by atoms with Crippen LogP contribution >= 0.6 is 34.5 Å². The van der Waals surface area contributed by atoms with Crippen molar-refractivity contribution in [2.45, 2.75) is 13.2 Å². The van der Waals surface area contributed by atoms with Gasteiger partial charge in [-0.1, -0.05) is 23.2 Å². The van der Waals surface area contributed by atoms with E-state index in [0.29, 0.717) is 28.9 Å². The second kappa shape index (κ2) is 5.69. The first-order valence-corrected chi connectivity index (χ1v) is 6.54. The Kier molecular flexibility index (Phi) is 4.23. The summed E-state index contributed by atoms with van der Waals surface area (Å²) in [4.78, 5) is 4.29. The highest BCUT2D eigenvalue weighted by atomic mass is 35.5. The third-order valence-corrected chi connectivity index (χ3v) is 3.51. The lowest BCUT2D eigenvalue weighted by Gasteiger charge is -2.06. The van der Waals surface area contributed by atoms with Crippen LogP contribution in [0.15, 0.2) is 23.6 Å². The molecule has 0 saturated carbocycles. The molecule has 0 aliphatic rings. The lowest BCUT2D eigenvalue weighted by molar-refractivity contribution is 0.302. The van der Waals surface area contributed by atoms with Gasteiger partial charge in [-0.25, -0.2) is 4.98 Å². The maximum absolute atomic E-state index is 5.97. The van der Waals surface area contributed by atoms with Crippen molar-refractivity contribution in [1.82, 2.24) is 4.98 Å². The smallest absolute Gasteiger partial charge is 0.139 e. The van der Waals surface area contributed by atoms with E-state index in [1.165, 1.54) is 11.3 Å². The Morgan fingerprint density at radius 3 is 2.88 bits per heavy atom. The number of nitrogens with two attached hydrogens (primary N) is 1. The van der Waals surface area contributed by atoms with E-state index in [1.54, 1.807) is 18.2 Å². The quantitative estimate of drug-likeness (QED) is 0.937. The molecule has 2 aromatic rings. The van der Waals surface area contributed by atoms with Crippen LogP contribution in [0.25, 0.3) is 0 Å². The molecule has 2 N–H and O–H groups in total. The fourth-order valence-electron chi connectivity index (χ4n) is 1.25. The number of hydrogen-bond donors (Lipinski definition) is 1. The highest BCUT2D eigenvalue weighted by molar-refractivity contribution is 7.09. The molecule has 0 fully saturated rings. The van der Waals surface area contributed by atoms with Gasteiger partial charge in [-0.05, 0) is 12.1 Å². The van der Waals surface area contributed by atoms with Crippen molar-refractivity contribution in [2.75, 3.05) is 0 Å². The largest absolute Gasteiger partial charge is 0.486 e. The van der Waals surface area contributed by atoms with E-state index in [2.05, 4.69) is 4.98 Å². The van der Waals surface area contributed by atoms with Crippen LogP contribution in [0, 0.1) is 0 Å². The van der Waals surface area contributed by atoms with Gasteiger partial charge in [-0.15, -0.1) is 11.3 Å². The second-order valence-electron chi connectivity index (χ2n) is 3.30. The normalized spacial score (nSPS) is 10.5. The van der Waals surface area contributed by atoms with Gasteiger partial charge in [0, 0.05) is 23.0 Å². The van der Waals surface area contributed by atoms with Crippen LogP contribution in [-0.2, 0) is 13.2 Å². The Balaban J connectivity index is 2.04. The van der Waals surface area contributed by atoms with Gasteiger partial charge in [0.1, 0.15) is 17.4 Å². The molecular formula is C11H10Cl2N2OS. The van der Waals surface area contributed by atoms with Crippen LogP contribution < -0.4 is 10.5 Å². The third kappa shape index (κ3) is 3.33. The van der Waals surface area contributed by atoms with Crippen molar-refractivity contribution in [3.63, 3.8) is 0 Å². The van der Waals surface area contributed by atoms with Crippen LogP contribution in [0.1, 0.15) is 10.7 Å². The van der Waals surface area contributed by atoms with Crippen LogP contribution in [-0.4, -0.2) is 4.98 Å². The summed E-state index contributed by atoms with van der Waals surface area (Å²) in [5, 5.41) is 3.93. The van der Waals surface area contributed by atoms with E-state index in [0.717, 1.165) is 10.7 Å². The number of hydrogen-bond acceptors (Lipinski definition) is 4. The first-order valence-electron chi connectivity index (χ1n) is 4.90. The minimum atomic E-state index is 0.358. The van der Waals surface area contributed by atoms with Crippen molar-refractivity contribution in [1.29, 1.82) is 0 Å². The molecule has 90 valence electrons. The number of benzene rings is 1. The Bertz CT molecular complexity index is 516. The molecule has 0 spiro atoms. The molecule has 0 saturated heterocycles. The van der Waals surface area contributed by atoms with Crippen LogP contribution in [0.3, 0.4) is 0 Å². The van der Waals surface area contributed by atoms with E-state index >= 15 is 0 Å². The number of halogens is 2. The van der Waals surface area contributed by atoms with Gasteiger partial charge in [0.25, 0.3) is 0 Å². The Morgan fingerprint density at radius 1 is 1.35 bits per heavy atom. The number of thiazole rings is 1. The van der Waals surface area contributed by atoms with Gasteiger partial charge in [-0.3, -0.25) is 0 Å². The van der Waals surface area contributed by atoms with E-state index in [9.17, 15) is 0 Å². The third-order valence-electron chi connectivity index (χ3n) is 2.04. The van der Waals surface area contributed by atoms with Gasteiger partial charge in [0.05, 0.1) is 10.7 Å². The second-order valence-corrected chi connectivity index (χ2v) is 5.09. The molecule has 0 radical (unpaired) electrons. The zero-order valence-electron chi connectivity index (χ0n) is 8.82. The predicted octanol–water partition coefficient (Wildman–Crippen LogP) is 3.49. The molecule has 0 bridgehead atoms. The lowest BCUT2D eigenvalue weighted by Crippen LogP contribution is -1.99. The average Bonchev–Trinajstić information content (AvgIpc) is 2.78. The molecule has 3 nitrogen and oxygen atoms in total. The Labute approximate surface area is 113 Å². The molecule has 1 aromatic carbocycles. The van der Waals surface area contributed by atoms with Gasteiger partial charge in [0.15, 0.2) is 0 Å². The summed E-state index contributed by atoms with van der Waals surface area (Å²) in [7, 11) is 0. The standard InChI is InChI=1S/C11H10Cl2N2OS/c12-7-1-2-9(13)10(3-7)16-5-8-6-17-11(4-14)15-8/h1-3,6H,4-5,14H2. The summed E-state index contributed by atoms with van der Waals surface area (Å²) < 4.78 is 5.55. The fourth-order valence-corrected chi connectivity index (χ4v) is 2.24. The van der Waals surface area contributed by atoms with E-state index in [4.69, 9.17) is 33.7 Å². The minimum Gasteiger partial charge on any atom is -0.486 e. The van der Waals surface area contributed by atoms with Crippen molar-refractivity contribution in [2.24, 2.45) is 5.73 Å². The van der Waals surface area contributed by atoms with Crippen molar-refractivity contribution < 1.29 is 4.74 Å². The summed E-state index contributed by atoms with van der Waals surface area (Å²) in [6.07, 6.45) is 0. The molecule has 0 atom stereocenters. The number of aromatic nitrogens is 1. The molecule has 6 heteroatoms. The number of ether oxygens (including phenoxy) is 1. The molecule has 1 heterocycles. The summed E-state index contributed by atoms with van der Waals surface area (Å²) >= 11 is 13.3.